The van der Waals surface area contributed by atoms with Gasteiger partial charge in [0.05, 0.1) is 13.0 Å². The van der Waals surface area contributed by atoms with Crippen molar-refractivity contribution in [3.63, 3.8) is 0 Å². The number of nitrogens with zero attached hydrogens (tertiary/aromatic N) is 1. The minimum Gasteiger partial charge on any atom is -0.466 e. The van der Waals surface area contributed by atoms with E-state index in [9.17, 15) is 8.78 Å². The number of halogens is 2. The van der Waals surface area contributed by atoms with E-state index in [1.165, 1.54) is 0 Å². The average molecular weight is 244 g/mol. The highest BCUT2D eigenvalue weighted by molar-refractivity contribution is 5.07. The van der Waals surface area contributed by atoms with Gasteiger partial charge in [0.15, 0.2) is 0 Å². The first-order valence-electron chi connectivity index (χ1n) is 5.91. The molecular weight excluding hydrogens is 226 g/mol. The van der Waals surface area contributed by atoms with Gasteiger partial charge in [0.25, 0.3) is 5.92 Å². The molecule has 0 aromatic carbocycles. The molecule has 96 valence electrons. The molecule has 1 aromatic rings. The van der Waals surface area contributed by atoms with Crippen LogP contribution in [0.4, 0.5) is 8.78 Å². The van der Waals surface area contributed by atoms with Crippen LogP contribution in [-0.4, -0.2) is 43.5 Å². The molecule has 2 rings (SSSR count). The quantitative estimate of drug-likeness (QED) is 0.873. The largest absolute Gasteiger partial charge is 0.466 e. The first-order valence-corrected chi connectivity index (χ1v) is 5.91. The van der Waals surface area contributed by atoms with Crippen LogP contribution in [0.5, 0.6) is 0 Å². The van der Waals surface area contributed by atoms with Gasteiger partial charge < -0.3 is 9.73 Å². The zero-order chi connectivity index (χ0) is 12.3. The summed E-state index contributed by atoms with van der Waals surface area (Å²) in [5.41, 5.74) is 0. The third-order valence-corrected chi connectivity index (χ3v) is 2.89. The highest BCUT2D eigenvalue weighted by Gasteiger charge is 2.33. The molecule has 1 aliphatic heterocycles. The van der Waals surface area contributed by atoms with Crippen LogP contribution in [-0.2, 0) is 6.42 Å². The number of aryl methyl sites for hydroxylation is 1. The lowest BCUT2D eigenvalue weighted by Gasteiger charge is -2.30. The second-order valence-corrected chi connectivity index (χ2v) is 4.57. The molecule has 17 heavy (non-hydrogen) atoms. The highest BCUT2D eigenvalue weighted by Crippen LogP contribution is 2.22. The van der Waals surface area contributed by atoms with Gasteiger partial charge in [0.1, 0.15) is 11.5 Å². The fraction of sp³-hybridized carbons (Fsp3) is 0.667. The molecule has 0 atom stereocenters. The van der Waals surface area contributed by atoms with Crippen LogP contribution in [0.2, 0.25) is 0 Å². The van der Waals surface area contributed by atoms with Crippen LogP contribution in [0, 0.1) is 6.92 Å². The monoisotopic (exact) mass is 244 g/mol. The second kappa shape index (κ2) is 5.14. The average Bonchev–Trinajstić information content (AvgIpc) is 2.63. The molecule has 1 aromatic heterocycles. The Morgan fingerprint density at radius 2 is 2.06 bits per heavy atom. The van der Waals surface area contributed by atoms with Crippen molar-refractivity contribution in [2.24, 2.45) is 0 Å². The van der Waals surface area contributed by atoms with Crippen LogP contribution in [0.3, 0.4) is 0 Å². The predicted molar refractivity (Wildman–Crippen MR) is 61.4 cm³/mol. The number of nitrogens with one attached hydrogen (secondary N) is 1. The third-order valence-electron chi connectivity index (χ3n) is 2.89. The minimum absolute atomic E-state index is 0.186. The molecule has 5 heteroatoms. The fourth-order valence-corrected chi connectivity index (χ4v) is 2.09. The number of hydrogen-bond acceptors (Lipinski definition) is 3. The van der Waals surface area contributed by atoms with Crippen LogP contribution in [0.15, 0.2) is 16.5 Å². The first kappa shape index (κ1) is 12.5. The summed E-state index contributed by atoms with van der Waals surface area (Å²) in [4.78, 5) is 1.80. The SMILES string of the molecule is Cc1ccc(CC(F)(F)CN2CCNCC2)o1. The third kappa shape index (κ3) is 3.78. The van der Waals surface area contributed by atoms with E-state index in [0.29, 0.717) is 24.6 Å². The van der Waals surface area contributed by atoms with E-state index in [-0.39, 0.29) is 13.0 Å². The van der Waals surface area contributed by atoms with Gasteiger partial charge in [-0.15, -0.1) is 0 Å². The second-order valence-electron chi connectivity index (χ2n) is 4.57. The number of piperazine rings is 1. The van der Waals surface area contributed by atoms with E-state index < -0.39 is 5.92 Å². The first-order chi connectivity index (χ1) is 8.05. The molecule has 0 aliphatic carbocycles. The molecule has 3 nitrogen and oxygen atoms in total. The topological polar surface area (TPSA) is 28.4 Å². The standard InChI is InChI=1S/C12H18F2N2O/c1-10-2-3-11(17-10)8-12(13,14)9-16-6-4-15-5-7-16/h2-3,15H,4-9H2,1H3. The number of hydrogen-bond donors (Lipinski definition) is 1. The summed E-state index contributed by atoms with van der Waals surface area (Å²) in [5.74, 6) is -1.68. The maximum atomic E-state index is 13.8. The molecule has 2 heterocycles. The molecule has 0 bridgehead atoms. The number of rotatable bonds is 4. The molecule has 1 N–H and O–H groups in total. The van der Waals surface area contributed by atoms with Crippen molar-refractivity contribution in [2.75, 3.05) is 32.7 Å². The zero-order valence-corrected chi connectivity index (χ0v) is 10.0. The van der Waals surface area contributed by atoms with E-state index in [1.807, 2.05) is 0 Å². The van der Waals surface area contributed by atoms with Crippen LogP contribution < -0.4 is 5.32 Å². The van der Waals surface area contributed by atoms with Gasteiger partial charge in [-0.3, -0.25) is 4.90 Å². The van der Waals surface area contributed by atoms with E-state index in [2.05, 4.69) is 5.32 Å². The molecule has 1 aliphatic rings. The summed E-state index contributed by atoms with van der Waals surface area (Å²) in [6, 6.07) is 3.34. The Balaban J connectivity index is 1.88. The van der Waals surface area contributed by atoms with Crippen molar-refractivity contribution in [3.05, 3.63) is 23.7 Å². The van der Waals surface area contributed by atoms with Crippen molar-refractivity contribution < 1.29 is 13.2 Å². The maximum absolute atomic E-state index is 13.8. The lowest BCUT2D eigenvalue weighted by atomic mass is 10.1. The van der Waals surface area contributed by atoms with Gasteiger partial charge in [-0.25, -0.2) is 8.78 Å². The molecule has 0 saturated carbocycles. The van der Waals surface area contributed by atoms with E-state index in [0.717, 1.165) is 13.1 Å². The molecule has 1 saturated heterocycles. The molecule has 1 fully saturated rings. The van der Waals surface area contributed by atoms with Gasteiger partial charge >= 0.3 is 0 Å². The number of furan rings is 1. The Labute approximate surface area is 99.8 Å². The van der Waals surface area contributed by atoms with Gasteiger partial charge in [-0.1, -0.05) is 0 Å². The lowest BCUT2D eigenvalue weighted by Crippen LogP contribution is -2.48. The van der Waals surface area contributed by atoms with Gasteiger partial charge in [0.2, 0.25) is 0 Å². The molecule has 0 spiro atoms. The van der Waals surface area contributed by atoms with Crippen molar-refractivity contribution >= 4 is 0 Å². The van der Waals surface area contributed by atoms with Gasteiger partial charge in [0, 0.05) is 26.2 Å². The molecular formula is C12H18F2N2O. The van der Waals surface area contributed by atoms with Gasteiger partial charge in [-0.2, -0.15) is 0 Å². The van der Waals surface area contributed by atoms with Crippen molar-refractivity contribution in [1.82, 2.24) is 10.2 Å². The summed E-state index contributed by atoms with van der Waals surface area (Å²) in [7, 11) is 0. The molecule has 0 radical (unpaired) electrons. The normalized spacial score (nSPS) is 18.5. The van der Waals surface area contributed by atoms with Gasteiger partial charge in [-0.05, 0) is 19.1 Å². The predicted octanol–water partition coefficient (Wildman–Crippen LogP) is 1.67. The summed E-state index contributed by atoms with van der Waals surface area (Å²) in [5, 5.41) is 3.15. The van der Waals surface area contributed by atoms with Crippen LogP contribution in [0.25, 0.3) is 0 Å². The van der Waals surface area contributed by atoms with Crippen LogP contribution in [0.1, 0.15) is 11.5 Å². The summed E-state index contributed by atoms with van der Waals surface area (Å²) in [6.45, 7) is 4.53. The highest BCUT2D eigenvalue weighted by atomic mass is 19.3. The Bertz CT molecular complexity index is 359. The molecule has 0 unspecified atom stereocenters. The van der Waals surface area contributed by atoms with Crippen LogP contribution >= 0.6 is 0 Å². The minimum atomic E-state index is -2.72. The zero-order valence-electron chi connectivity index (χ0n) is 10.0. The van der Waals surface area contributed by atoms with E-state index in [1.54, 1.807) is 24.0 Å². The summed E-state index contributed by atoms with van der Waals surface area (Å²) in [6.07, 6.45) is -0.315. The summed E-state index contributed by atoms with van der Waals surface area (Å²) >= 11 is 0. The van der Waals surface area contributed by atoms with E-state index >= 15 is 0 Å². The Kier molecular flexibility index (Phi) is 3.79. The smallest absolute Gasteiger partial charge is 0.267 e. The Morgan fingerprint density at radius 3 is 2.65 bits per heavy atom. The lowest BCUT2D eigenvalue weighted by molar-refractivity contribution is -0.0373. The Hall–Kier alpha value is -0.940. The maximum Gasteiger partial charge on any atom is 0.267 e. The van der Waals surface area contributed by atoms with E-state index in [4.69, 9.17) is 4.42 Å². The van der Waals surface area contributed by atoms with Crippen molar-refractivity contribution in [1.29, 1.82) is 0 Å². The van der Waals surface area contributed by atoms with Crippen molar-refractivity contribution in [3.8, 4) is 0 Å². The Morgan fingerprint density at radius 1 is 1.35 bits per heavy atom. The fourth-order valence-electron chi connectivity index (χ4n) is 2.09. The summed E-state index contributed by atoms with van der Waals surface area (Å²) < 4.78 is 32.8. The number of alkyl halides is 2. The molecule has 0 amide bonds. The van der Waals surface area contributed by atoms with Crippen molar-refractivity contribution in [2.45, 2.75) is 19.3 Å².